The maximum atomic E-state index is 11.1. The Bertz CT molecular complexity index is 580. The van der Waals surface area contributed by atoms with Crippen LogP contribution >= 0.6 is 11.3 Å². The van der Waals surface area contributed by atoms with E-state index in [1.165, 1.54) is 6.07 Å². The van der Waals surface area contributed by atoms with Gasteiger partial charge in [0.05, 0.1) is 23.3 Å². The molecule has 0 fully saturated rings. The molecule has 94 valence electrons. The zero-order chi connectivity index (χ0) is 13.1. The van der Waals surface area contributed by atoms with Crippen LogP contribution in [0.25, 0.3) is 0 Å². The molecule has 0 saturated heterocycles. The molecule has 1 aromatic carbocycles. The minimum Gasteiger partial charge on any atom is -0.478 e. The average Bonchev–Trinajstić information content (AvgIpc) is 2.73. The van der Waals surface area contributed by atoms with E-state index in [-0.39, 0.29) is 5.56 Å². The van der Waals surface area contributed by atoms with Crippen LogP contribution in [0, 0.1) is 6.92 Å². The Morgan fingerprint density at radius 2 is 2.33 bits per heavy atom. The van der Waals surface area contributed by atoms with Gasteiger partial charge in [0.1, 0.15) is 0 Å². The summed E-state index contributed by atoms with van der Waals surface area (Å²) in [4.78, 5) is 16.3. The first kappa shape index (κ1) is 12.4. The summed E-state index contributed by atoms with van der Waals surface area (Å²) >= 11 is 1.54. The van der Waals surface area contributed by atoms with Crippen molar-refractivity contribution < 1.29 is 9.90 Å². The van der Waals surface area contributed by atoms with E-state index < -0.39 is 5.97 Å². The van der Waals surface area contributed by atoms with E-state index in [1.54, 1.807) is 29.0 Å². The van der Waals surface area contributed by atoms with Gasteiger partial charge in [-0.2, -0.15) is 0 Å². The summed E-state index contributed by atoms with van der Waals surface area (Å²) in [5.74, 6) is -0.995. The highest BCUT2D eigenvalue weighted by molar-refractivity contribution is 7.09. The molecule has 6 heteroatoms. The van der Waals surface area contributed by atoms with Gasteiger partial charge in [0.25, 0.3) is 0 Å². The third-order valence-electron chi connectivity index (χ3n) is 2.56. The van der Waals surface area contributed by atoms with Crippen LogP contribution in [0.4, 0.5) is 11.4 Å². The SMILES string of the molecule is Cc1ncsc1CNc1ccc(N)cc1C(=O)O. The van der Waals surface area contributed by atoms with E-state index in [2.05, 4.69) is 10.3 Å². The summed E-state index contributed by atoms with van der Waals surface area (Å²) in [6, 6.07) is 4.80. The van der Waals surface area contributed by atoms with Crippen molar-refractivity contribution in [1.82, 2.24) is 4.98 Å². The highest BCUT2D eigenvalue weighted by Gasteiger charge is 2.11. The molecule has 0 unspecified atom stereocenters. The van der Waals surface area contributed by atoms with Crippen molar-refractivity contribution in [2.45, 2.75) is 13.5 Å². The lowest BCUT2D eigenvalue weighted by Crippen LogP contribution is -2.07. The molecular formula is C12H13N3O2S. The van der Waals surface area contributed by atoms with Crippen molar-refractivity contribution in [3.05, 3.63) is 39.8 Å². The Morgan fingerprint density at radius 3 is 2.94 bits per heavy atom. The Morgan fingerprint density at radius 1 is 1.56 bits per heavy atom. The van der Waals surface area contributed by atoms with Gasteiger partial charge in [-0.25, -0.2) is 9.78 Å². The second-order valence-corrected chi connectivity index (χ2v) is 4.76. The molecule has 0 amide bonds. The molecule has 0 bridgehead atoms. The number of nitrogens with zero attached hydrogens (tertiary/aromatic N) is 1. The fourth-order valence-electron chi connectivity index (χ4n) is 1.56. The van der Waals surface area contributed by atoms with E-state index >= 15 is 0 Å². The molecule has 18 heavy (non-hydrogen) atoms. The summed E-state index contributed by atoms with van der Waals surface area (Å²) < 4.78 is 0. The first-order chi connectivity index (χ1) is 8.58. The van der Waals surface area contributed by atoms with Crippen LogP contribution in [0.1, 0.15) is 20.9 Å². The molecule has 0 saturated carbocycles. The van der Waals surface area contributed by atoms with Gasteiger partial charge < -0.3 is 16.2 Å². The van der Waals surface area contributed by atoms with Crippen molar-refractivity contribution >= 4 is 28.7 Å². The zero-order valence-electron chi connectivity index (χ0n) is 9.80. The number of carboxylic acid groups (broad SMARTS) is 1. The molecule has 0 radical (unpaired) electrons. The van der Waals surface area contributed by atoms with Gasteiger partial charge in [-0.1, -0.05) is 0 Å². The number of nitrogens with two attached hydrogens (primary N) is 1. The summed E-state index contributed by atoms with van der Waals surface area (Å²) in [6.07, 6.45) is 0. The van der Waals surface area contributed by atoms with Crippen molar-refractivity contribution in [2.75, 3.05) is 11.1 Å². The van der Waals surface area contributed by atoms with E-state index in [4.69, 9.17) is 10.8 Å². The van der Waals surface area contributed by atoms with Crippen LogP contribution in [-0.2, 0) is 6.54 Å². The molecule has 0 atom stereocenters. The van der Waals surface area contributed by atoms with Crippen LogP contribution in [0.2, 0.25) is 0 Å². The van der Waals surface area contributed by atoms with Gasteiger partial charge >= 0.3 is 5.97 Å². The molecule has 5 nitrogen and oxygen atoms in total. The lowest BCUT2D eigenvalue weighted by atomic mass is 10.1. The predicted octanol–water partition coefficient (Wildman–Crippen LogP) is 2.34. The van der Waals surface area contributed by atoms with Gasteiger partial charge in [-0.15, -0.1) is 11.3 Å². The lowest BCUT2D eigenvalue weighted by molar-refractivity contribution is 0.0698. The minimum absolute atomic E-state index is 0.178. The zero-order valence-corrected chi connectivity index (χ0v) is 10.6. The third kappa shape index (κ3) is 2.60. The normalized spacial score (nSPS) is 10.3. The van der Waals surface area contributed by atoms with E-state index in [1.807, 2.05) is 6.92 Å². The fraction of sp³-hybridized carbons (Fsp3) is 0.167. The van der Waals surface area contributed by atoms with Crippen LogP contribution in [-0.4, -0.2) is 16.1 Å². The lowest BCUT2D eigenvalue weighted by Gasteiger charge is -2.09. The number of carbonyl (C=O) groups is 1. The standard InChI is InChI=1S/C12H13N3O2S/c1-7-11(18-6-15-7)5-14-10-3-2-8(13)4-9(10)12(16)17/h2-4,6,14H,5,13H2,1H3,(H,16,17). The molecule has 4 N–H and O–H groups in total. The number of nitrogens with one attached hydrogen (secondary N) is 1. The first-order valence-corrected chi connectivity index (χ1v) is 6.21. The summed E-state index contributed by atoms with van der Waals surface area (Å²) in [5, 5.41) is 12.2. The number of hydrogen-bond acceptors (Lipinski definition) is 5. The molecule has 0 aliphatic rings. The van der Waals surface area contributed by atoms with Gasteiger partial charge in [-0.3, -0.25) is 0 Å². The van der Waals surface area contributed by atoms with Crippen molar-refractivity contribution in [3.8, 4) is 0 Å². The van der Waals surface area contributed by atoms with Gasteiger partial charge in [-0.05, 0) is 25.1 Å². The van der Waals surface area contributed by atoms with Crippen LogP contribution in [0.5, 0.6) is 0 Å². The Balaban J connectivity index is 2.19. The Hall–Kier alpha value is -2.08. The van der Waals surface area contributed by atoms with E-state index in [0.29, 0.717) is 17.9 Å². The Kier molecular flexibility index (Phi) is 3.47. The molecule has 1 aromatic heterocycles. The molecular weight excluding hydrogens is 250 g/mol. The minimum atomic E-state index is -0.995. The van der Waals surface area contributed by atoms with Crippen molar-refractivity contribution in [1.29, 1.82) is 0 Å². The van der Waals surface area contributed by atoms with Gasteiger partial charge in [0.2, 0.25) is 0 Å². The average molecular weight is 263 g/mol. The number of rotatable bonds is 4. The number of aryl methyl sites for hydroxylation is 1. The largest absolute Gasteiger partial charge is 0.478 e. The molecule has 2 aromatic rings. The smallest absolute Gasteiger partial charge is 0.337 e. The van der Waals surface area contributed by atoms with Crippen LogP contribution in [0.3, 0.4) is 0 Å². The number of anilines is 2. The van der Waals surface area contributed by atoms with E-state index in [9.17, 15) is 4.79 Å². The third-order valence-corrected chi connectivity index (χ3v) is 3.49. The second kappa shape index (κ2) is 5.05. The molecule has 1 heterocycles. The van der Waals surface area contributed by atoms with Crippen LogP contribution < -0.4 is 11.1 Å². The van der Waals surface area contributed by atoms with Crippen LogP contribution in [0.15, 0.2) is 23.7 Å². The number of aromatic nitrogens is 1. The summed E-state index contributed by atoms with van der Waals surface area (Å²) in [5.41, 5.74) is 9.49. The molecule has 2 rings (SSSR count). The summed E-state index contributed by atoms with van der Waals surface area (Å²) in [7, 11) is 0. The van der Waals surface area contributed by atoms with Gasteiger partial charge in [0.15, 0.2) is 0 Å². The first-order valence-electron chi connectivity index (χ1n) is 5.33. The highest BCUT2D eigenvalue weighted by Crippen LogP contribution is 2.21. The number of hydrogen-bond donors (Lipinski definition) is 3. The van der Waals surface area contributed by atoms with Gasteiger partial charge in [0, 0.05) is 16.3 Å². The predicted molar refractivity (Wildman–Crippen MR) is 72.0 cm³/mol. The monoisotopic (exact) mass is 263 g/mol. The van der Waals surface area contributed by atoms with Crippen molar-refractivity contribution in [2.24, 2.45) is 0 Å². The summed E-state index contributed by atoms with van der Waals surface area (Å²) in [6.45, 7) is 2.48. The highest BCUT2D eigenvalue weighted by atomic mass is 32.1. The maximum absolute atomic E-state index is 11.1. The number of nitrogen functional groups attached to an aromatic ring is 1. The van der Waals surface area contributed by atoms with E-state index in [0.717, 1.165) is 10.6 Å². The Labute approximate surface area is 108 Å². The molecule has 0 spiro atoms. The molecule has 0 aliphatic carbocycles. The quantitative estimate of drug-likeness (QED) is 0.737. The number of carboxylic acids is 1. The topological polar surface area (TPSA) is 88.2 Å². The second-order valence-electron chi connectivity index (χ2n) is 3.82. The maximum Gasteiger partial charge on any atom is 0.337 e. The fourth-order valence-corrected chi connectivity index (χ4v) is 2.28. The van der Waals surface area contributed by atoms with Crippen molar-refractivity contribution in [3.63, 3.8) is 0 Å². The number of thiazole rings is 1. The molecule has 0 aliphatic heterocycles. The number of benzene rings is 1. The number of aromatic carboxylic acids is 1.